The van der Waals surface area contributed by atoms with E-state index in [1.54, 1.807) is 6.20 Å². The lowest BCUT2D eigenvalue weighted by atomic mass is 9.91. The number of rotatable bonds is 6. The number of hydrogen-bond donors (Lipinski definition) is 1. The van der Waals surface area contributed by atoms with Crippen molar-refractivity contribution in [1.29, 1.82) is 0 Å². The van der Waals surface area contributed by atoms with Crippen LogP contribution in [0.15, 0.2) is 41.4 Å². The monoisotopic (exact) mass is 405 g/mol. The molecule has 0 spiro atoms. The summed E-state index contributed by atoms with van der Waals surface area (Å²) in [6, 6.07) is 9.91. The molecule has 0 aliphatic heterocycles. The average molecular weight is 406 g/mol. The van der Waals surface area contributed by atoms with Gasteiger partial charge in [-0.2, -0.15) is 0 Å². The molecule has 0 saturated heterocycles. The van der Waals surface area contributed by atoms with Gasteiger partial charge in [0.15, 0.2) is 0 Å². The van der Waals surface area contributed by atoms with E-state index >= 15 is 0 Å². The zero-order valence-electron chi connectivity index (χ0n) is 16.8. The number of Topliss-reactive ketones (excluding diaryl/α,β-unsaturated/α-hetero) is 1. The molecule has 1 aliphatic rings. The van der Waals surface area contributed by atoms with E-state index in [1.807, 2.05) is 50.4 Å². The Balaban J connectivity index is 1.83. The molecule has 1 N–H and O–H groups in total. The second kappa shape index (κ2) is 7.95. The summed E-state index contributed by atoms with van der Waals surface area (Å²) < 4.78 is 0. The molecular formula is C23H23N3O2S. The number of benzene rings is 1. The molecule has 1 amide bonds. The van der Waals surface area contributed by atoms with E-state index in [0.29, 0.717) is 23.6 Å². The van der Waals surface area contributed by atoms with Crippen LogP contribution in [0.25, 0.3) is 27.2 Å². The van der Waals surface area contributed by atoms with E-state index in [1.165, 1.54) is 11.8 Å². The van der Waals surface area contributed by atoms with Crippen LogP contribution in [-0.4, -0.2) is 34.5 Å². The van der Waals surface area contributed by atoms with Gasteiger partial charge in [-0.25, -0.2) is 4.98 Å². The summed E-state index contributed by atoms with van der Waals surface area (Å²) >= 11 is 1.42. The Kier molecular flexibility index (Phi) is 5.37. The highest BCUT2D eigenvalue weighted by Gasteiger charge is 2.30. The Morgan fingerprint density at radius 3 is 2.72 bits per heavy atom. The lowest BCUT2D eigenvalue weighted by molar-refractivity contribution is -0.124. The molecule has 1 aromatic carbocycles. The minimum Gasteiger partial charge on any atom is -0.356 e. The molecule has 1 atom stereocenters. The number of thioether (sulfide) groups is 1. The van der Waals surface area contributed by atoms with Crippen LogP contribution >= 0.6 is 11.8 Å². The first kappa shape index (κ1) is 19.6. The third kappa shape index (κ3) is 3.31. The van der Waals surface area contributed by atoms with Crippen molar-refractivity contribution in [2.45, 2.75) is 26.7 Å². The van der Waals surface area contributed by atoms with E-state index in [0.717, 1.165) is 39.4 Å². The lowest BCUT2D eigenvalue weighted by Gasteiger charge is -2.22. The molecule has 2 heterocycles. The van der Waals surface area contributed by atoms with Crippen molar-refractivity contribution in [1.82, 2.24) is 15.3 Å². The molecule has 6 heteroatoms. The summed E-state index contributed by atoms with van der Waals surface area (Å²) in [6.45, 7) is 4.39. The topological polar surface area (TPSA) is 72.0 Å². The van der Waals surface area contributed by atoms with Gasteiger partial charge in [0, 0.05) is 29.4 Å². The predicted molar refractivity (Wildman–Crippen MR) is 119 cm³/mol. The number of nitrogens with one attached hydrogen (secondary N) is 1. The summed E-state index contributed by atoms with van der Waals surface area (Å²) in [5, 5.41) is 5.82. The van der Waals surface area contributed by atoms with Gasteiger partial charge in [-0.3, -0.25) is 14.6 Å². The third-order valence-electron chi connectivity index (χ3n) is 5.53. The van der Waals surface area contributed by atoms with Crippen LogP contribution in [0, 0.1) is 5.92 Å². The zero-order valence-corrected chi connectivity index (χ0v) is 17.6. The molecular weight excluding hydrogens is 382 g/mol. The molecule has 4 rings (SSSR count). The number of amides is 1. The molecule has 0 bridgehead atoms. The normalized spacial score (nSPS) is 14.5. The molecule has 148 valence electrons. The molecule has 3 aromatic rings. The van der Waals surface area contributed by atoms with Crippen molar-refractivity contribution in [2.75, 3.05) is 12.8 Å². The molecule has 0 unspecified atom stereocenters. The van der Waals surface area contributed by atoms with Crippen LogP contribution in [0.1, 0.15) is 42.9 Å². The third-order valence-corrected chi connectivity index (χ3v) is 6.37. The van der Waals surface area contributed by atoms with Crippen LogP contribution in [-0.2, 0) is 4.79 Å². The highest BCUT2D eigenvalue weighted by atomic mass is 32.2. The van der Waals surface area contributed by atoms with E-state index in [4.69, 9.17) is 4.98 Å². The summed E-state index contributed by atoms with van der Waals surface area (Å²) in [5.74, 6) is -0.0389. The number of allylic oxidation sites excluding steroid dienone is 1. The maximum Gasteiger partial charge on any atom is 0.222 e. The highest BCUT2D eigenvalue weighted by molar-refractivity contribution is 8.03. The average Bonchev–Trinajstić information content (AvgIpc) is 2.76. The van der Waals surface area contributed by atoms with Crippen molar-refractivity contribution in [3.05, 3.63) is 52.8 Å². The first-order valence-corrected chi connectivity index (χ1v) is 11.1. The minimum absolute atomic E-state index is 0.0209. The van der Waals surface area contributed by atoms with Gasteiger partial charge in [0.2, 0.25) is 11.7 Å². The van der Waals surface area contributed by atoms with Gasteiger partial charge in [-0.05, 0) is 42.2 Å². The molecule has 0 fully saturated rings. The van der Waals surface area contributed by atoms with Gasteiger partial charge in [-0.1, -0.05) is 32.0 Å². The smallest absolute Gasteiger partial charge is 0.222 e. The predicted octanol–water partition coefficient (Wildman–Crippen LogP) is 4.61. The Labute approximate surface area is 174 Å². The van der Waals surface area contributed by atoms with Gasteiger partial charge >= 0.3 is 0 Å². The van der Waals surface area contributed by atoms with Gasteiger partial charge in [-0.15, -0.1) is 11.8 Å². The second-order valence-corrected chi connectivity index (χ2v) is 8.07. The largest absolute Gasteiger partial charge is 0.356 e. The fraction of sp³-hybridized carbons (Fsp3) is 0.304. The lowest BCUT2D eigenvalue weighted by Crippen LogP contribution is -2.30. The van der Waals surface area contributed by atoms with Gasteiger partial charge in [0.1, 0.15) is 5.69 Å². The first-order chi connectivity index (χ1) is 14.1. The van der Waals surface area contributed by atoms with Crippen molar-refractivity contribution < 1.29 is 9.59 Å². The fourth-order valence-electron chi connectivity index (χ4n) is 3.76. The Morgan fingerprint density at radius 1 is 1.17 bits per heavy atom. The van der Waals surface area contributed by atoms with E-state index in [9.17, 15) is 9.59 Å². The van der Waals surface area contributed by atoms with Gasteiger partial charge in [0.05, 0.1) is 16.1 Å². The Morgan fingerprint density at radius 2 is 1.97 bits per heavy atom. The maximum absolute atomic E-state index is 13.2. The van der Waals surface area contributed by atoms with Crippen LogP contribution < -0.4 is 5.32 Å². The SMILES string of the molecule is CC[C@@H](C)C(=O)NCCC1=C(SC)C(=O)c2nccc3c2c1nc1ccccc13. The molecule has 2 aromatic heterocycles. The van der Waals surface area contributed by atoms with E-state index in [2.05, 4.69) is 10.3 Å². The molecule has 1 aliphatic carbocycles. The summed E-state index contributed by atoms with van der Waals surface area (Å²) in [7, 11) is 0. The van der Waals surface area contributed by atoms with Gasteiger partial charge in [0.25, 0.3) is 0 Å². The zero-order chi connectivity index (χ0) is 20.5. The number of para-hydroxylation sites is 1. The minimum atomic E-state index is -0.0593. The van der Waals surface area contributed by atoms with E-state index < -0.39 is 0 Å². The number of hydrogen-bond acceptors (Lipinski definition) is 5. The molecule has 0 saturated carbocycles. The van der Waals surface area contributed by atoms with E-state index in [-0.39, 0.29) is 17.6 Å². The number of nitrogens with zero attached hydrogens (tertiary/aromatic N) is 2. The summed E-state index contributed by atoms with van der Waals surface area (Å²) in [5.41, 5.74) is 3.06. The number of carbonyl (C=O) groups excluding carboxylic acids is 2. The number of aromatic nitrogens is 2. The number of ketones is 1. The fourth-order valence-corrected chi connectivity index (χ4v) is 4.49. The highest BCUT2D eigenvalue weighted by Crippen LogP contribution is 2.41. The second-order valence-electron chi connectivity index (χ2n) is 7.25. The maximum atomic E-state index is 13.2. The first-order valence-electron chi connectivity index (χ1n) is 9.84. The van der Waals surface area contributed by atoms with Crippen LogP contribution in [0.3, 0.4) is 0 Å². The number of fused-ring (bicyclic) bond motifs is 2. The molecule has 5 nitrogen and oxygen atoms in total. The summed E-state index contributed by atoms with van der Waals surface area (Å²) in [6.07, 6.45) is 4.95. The Bertz CT molecular complexity index is 1170. The summed E-state index contributed by atoms with van der Waals surface area (Å²) in [4.78, 5) is 35.3. The number of carbonyl (C=O) groups is 2. The van der Waals surface area contributed by atoms with Crippen molar-refractivity contribution >= 4 is 50.7 Å². The van der Waals surface area contributed by atoms with Gasteiger partial charge < -0.3 is 5.32 Å². The molecule has 29 heavy (non-hydrogen) atoms. The van der Waals surface area contributed by atoms with Crippen molar-refractivity contribution in [2.24, 2.45) is 5.92 Å². The Hall–Kier alpha value is -2.73. The standard InChI is InChI=1S/C23H23N3O2S/c1-4-13(2)23(28)25-12-10-16-19-18-15(14-7-5-6-8-17(14)26-19)9-11-24-20(18)21(27)22(16)29-3/h5-9,11,13H,4,10,12H2,1-3H3,(H,25,28)/t13-/m1/s1. The molecule has 0 radical (unpaired) electrons. The van der Waals surface area contributed by atoms with Crippen molar-refractivity contribution in [3.63, 3.8) is 0 Å². The van der Waals surface area contributed by atoms with Crippen LogP contribution in [0.5, 0.6) is 0 Å². The quantitative estimate of drug-likeness (QED) is 0.607. The van der Waals surface area contributed by atoms with Crippen LogP contribution in [0.2, 0.25) is 0 Å². The van der Waals surface area contributed by atoms with Crippen molar-refractivity contribution in [3.8, 4) is 0 Å². The number of pyridine rings is 2. The van der Waals surface area contributed by atoms with Crippen LogP contribution in [0.4, 0.5) is 0 Å².